The average Bonchev–Trinajstić information content (AvgIpc) is 1.59. The molecule has 0 bridgehead atoms. The van der Waals surface area contributed by atoms with Gasteiger partial charge in [0.1, 0.15) is 22.3 Å². The lowest BCUT2D eigenvalue weighted by atomic mass is 10.0. The minimum absolute atomic E-state index is 0.891. The van der Waals surface area contributed by atoms with Gasteiger partial charge in [-0.05, 0) is 201 Å². The van der Waals surface area contributed by atoms with Crippen molar-refractivity contribution in [2.45, 2.75) is 0 Å². The second-order valence-corrected chi connectivity index (χ2v) is 28.3. The van der Waals surface area contributed by atoms with Crippen LogP contribution in [0.1, 0.15) is 0 Å². The van der Waals surface area contributed by atoms with Crippen molar-refractivity contribution in [3.05, 3.63) is 388 Å². The van der Waals surface area contributed by atoms with Crippen molar-refractivity contribution in [3.8, 4) is 78.4 Å². The number of benzene rings is 17. The molecule has 0 N–H and O–H groups in total. The quantitative estimate of drug-likeness (QED) is 0.145. The van der Waals surface area contributed by atoms with Crippen LogP contribution in [0.25, 0.3) is 209 Å². The first kappa shape index (κ1) is 61.1. The fourth-order valence-corrected chi connectivity index (χ4v) is 17.2. The predicted molar refractivity (Wildman–Crippen MR) is 452 cm³/mol. The molecule has 0 atom stereocenters. The molecule has 6 aromatic heterocycles. The Morgan fingerprint density at radius 3 is 0.833 bits per heavy atom. The van der Waals surface area contributed by atoms with E-state index in [0.29, 0.717) is 0 Å². The fraction of sp³-hybridized carbons (Fsp3) is 0. The largest absolute Gasteiger partial charge is 0.456 e. The first-order chi connectivity index (χ1) is 53.5. The van der Waals surface area contributed by atoms with Gasteiger partial charge in [0.2, 0.25) is 0 Å². The van der Waals surface area contributed by atoms with Gasteiger partial charge in [0.15, 0.2) is 0 Å². The smallest absolute Gasteiger partial charge is 0.137 e. The summed E-state index contributed by atoms with van der Waals surface area (Å²) >= 11 is 0. The summed E-state index contributed by atoms with van der Waals surface area (Å²) in [6.45, 7) is 0. The lowest BCUT2D eigenvalue weighted by Crippen LogP contribution is -1.94. The monoisotopic (exact) mass is 1380 g/mol. The number of hydrogen-bond acceptors (Lipinski definition) is 2. The summed E-state index contributed by atoms with van der Waals surface area (Å²) in [4.78, 5) is 0. The van der Waals surface area contributed by atoms with Crippen molar-refractivity contribution in [3.63, 3.8) is 0 Å². The molecule has 23 aromatic rings. The number of nitrogens with zero attached hydrogens (tertiary/aromatic N) is 4. The van der Waals surface area contributed by atoms with Crippen LogP contribution in [-0.4, -0.2) is 18.3 Å². The zero-order chi connectivity index (χ0) is 70.9. The van der Waals surface area contributed by atoms with Gasteiger partial charge in [0, 0.05) is 93.5 Å². The molecule has 0 aliphatic heterocycles. The van der Waals surface area contributed by atoms with Crippen LogP contribution in [0.4, 0.5) is 0 Å². The van der Waals surface area contributed by atoms with E-state index in [0.717, 1.165) is 66.6 Å². The Kier molecular flexibility index (Phi) is 13.9. The molecule has 0 saturated heterocycles. The van der Waals surface area contributed by atoms with Crippen LogP contribution in [0.15, 0.2) is 397 Å². The van der Waals surface area contributed by atoms with Crippen LogP contribution < -0.4 is 0 Å². The zero-order valence-electron chi connectivity index (χ0n) is 58.6. The van der Waals surface area contributed by atoms with E-state index in [1.165, 1.54) is 143 Å². The van der Waals surface area contributed by atoms with Crippen LogP contribution >= 0.6 is 0 Å². The molecule has 0 unspecified atom stereocenters. The van der Waals surface area contributed by atoms with Crippen molar-refractivity contribution >= 4 is 131 Å². The molecule has 108 heavy (non-hydrogen) atoms. The summed E-state index contributed by atoms with van der Waals surface area (Å²) in [5.41, 5.74) is 29.6. The highest BCUT2D eigenvalue weighted by Gasteiger charge is 2.22. The summed E-state index contributed by atoms with van der Waals surface area (Å²) in [7, 11) is 0. The number of para-hydroxylation sites is 5. The molecule has 0 aliphatic carbocycles. The Morgan fingerprint density at radius 1 is 0.130 bits per heavy atom. The predicted octanol–water partition coefficient (Wildman–Crippen LogP) is 27.9. The van der Waals surface area contributed by atoms with Crippen LogP contribution in [0.2, 0.25) is 0 Å². The lowest BCUT2D eigenvalue weighted by Gasteiger charge is -2.11. The molecule has 0 fully saturated rings. The lowest BCUT2D eigenvalue weighted by molar-refractivity contribution is 0.668. The molecule has 0 amide bonds. The molecule has 0 radical (unpaired) electrons. The van der Waals surface area contributed by atoms with Crippen molar-refractivity contribution in [2.24, 2.45) is 0 Å². The summed E-state index contributed by atoms with van der Waals surface area (Å²) in [5, 5.41) is 14.4. The van der Waals surface area contributed by atoms with Gasteiger partial charge in [-0.1, -0.05) is 237 Å². The van der Waals surface area contributed by atoms with Crippen molar-refractivity contribution in [1.29, 1.82) is 0 Å². The molecule has 0 saturated carbocycles. The van der Waals surface area contributed by atoms with Crippen LogP contribution in [-0.2, 0) is 0 Å². The van der Waals surface area contributed by atoms with Gasteiger partial charge >= 0.3 is 0 Å². The molecule has 6 heteroatoms. The standard InChI is InChI=1S/C54H34N2O.C48H30N2O/c1-3-12-35(13-4-1)37-16-11-17-41(30-37)55-49-20-9-7-18-43(49)45-31-39(22-26-51(45)55)40-23-27-52-46(32-40)44-19-8-10-21-50(44)56(52)42-25-29-54-48(34-42)47-33-38(24-28-53(47)57-54)36-14-5-2-6-15-36;1-2-11-31(12-3-1)32-13-10-14-35(27-32)49-43-18-7-4-15-37(43)41-28-33(21-25-45(41)49)34-22-26-46-42(29-34)38-16-5-8-19-44(38)50(46)36-23-24-40-39-17-6-9-20-47(39)51-48(40)30-36/h1-34H;1-30H. The molecule has 6 nitrogen and oxygen atoms in total. The summed E-state index contributed by atoms with van der Waals surface area (Å²) in [6, 6.07) is 140. The van der Waals surface area contributed by atoms with E-state index in [1.54, 1.807) is 0 Å². The molecular formula is C102H64N4O2. The highest BCUT2D eigenvalue weighted by Crippen LogP contribution is 2.44. The third-order valence-corrected chi connectivity index (χ3v) is 22.2. The second-order valence-electron chi connectivity index (χ2n) is 28.3. The van der Waals surface area contributed by atoms with E-state index >= 15 is 0 Å². The van der Waals surface area contributed by atoms with Crippen molar-refractivity contribution < 1.29 is 8.83 Å². The van der Waals surface area contributed by atoms with E-state index in [-0.39, 0.29) is 0 Å². The number of rotatable bonds is 9. The molecule has 23 rings (SSSR count). The van der Waals surface area contributed by atoms with Gasteiger partial charge in [-0.3, -0.25) is 0 Å². The number of furan rings is 2. The van der Waals surface area contributed by atoms with E-state index in [1.807, 2.05) is 12.1 Å². The van der Waals surface area contributed by atoms with E-state index < -0.39 is 0 Å². The summed E-state index contributed by atoms with van der Waals surface area (Å²) in [6.07, 6.45) is 0. The third-order valence-electron chi connectivity index (χ3n) is 22.2. The van der Waals surface area contributed by atoms with Gasteiger partial charge < -0.3 is 27.1 Å². The molecular weight excluding hydrogens is 1310 g/mol. The fourth-order valence-electron chi connectivity index (χ4n) is 17.2. The van der Waals surface area contributed by atoms with E-state index in [4.69, 9.17) is 8.83 Å². The van der Waals surface area contributed by atoms with Crippen molar-refractivity contribution in [1.82, 2.24) is 18.3 Å². The Bertz CT molecular complexity index is 7550. The van der Waals surface area contributed by atoms with Crippen LogP contribution in [0, 0.1) is 0 Å². The minimum Gasteiger partial charge on any atom is -0.456 e. The SMILES string of the molecule is c1ccc(-c2cccc(-n3c4ccccc4c4cc(-c5ccc6c(c5)c5ccccc5n6-c5ccc6c(c5)oc5ccccc56)ccc43)c2)cc1.c1ccc(-c2cccc(-n3c4ccccc4c4cc(-c5ccc6c(c5)c5ccccc5n6-c5ccc6oc7ccc(-c8ccccc8)cc7c6c5)ccc43)c2)cc1. The maximum Gasteiger partial charge on any atom is 0.137 e. The van der Waals surface area contributed by atoms with E-state index in [9.17, 15) is 0 Å². The summed E-state index contributed by atoms with van der Waals surface area (Å²) in [5.74, 6) is 0. The van der Waals surface area contributed by atoms with E-state index in [2.05, 4.69) is 394 Å². The average molecular weight is 1380 g/mol. The first-order valence-corrected chi connectivity index (χ1v) is 36.9. The minimum atomic E-state index is 0.891. The molecule has 6 heterocycles. The maximum atomic E-state index is 6.35. The van der Waals surface area contributed by atoms with Gasteiger partial charge in [0.05, 0.1) is 44.1 Å². The molecule has 17 aromatic carbocycles. The third kappa shape index (κ3) is 9.88. The number of fused-ring (bicyclic) bond motifs is 18. The maximum absolute atomic E-state index is 6.35. The first-order valence-electron chi connectivity index (χ1n) is 36.9. The van der Waals surface area contributed by atoms with Gasteiger partial charge in [-0.2, -0.15) is 0 Å². The highest BCUT2D eigenvalue weighted by atomic mass is 16.3. The topological polar surface area (TPSA) is 46.0 Å². The normalized spacial score (nSPS) is 11.9. The second kappa shape index (κ2) is 24.6. The highest BCUT2D eigenvalue weighted by molar-refractivity contribution is 6.16. The molecule has 504 valence electrons. The zero-order valence-corrected chi connectivity index (χ0v) is 58.6. The Morgan fingerprint density at radius 2 is 0.398 bits per heavy atom. The van der Waals surface area contributed by atoms with Crippen molar-refractivity contribution in [2.75, 3.05) is 0 Å². The van der Waals surface area contributed by atoms with Gasteiger partial charge in [-0.25, -0.2) is 0 Å². The Hall–Kier alpha value is -14.5. The number of hydrogen-bond donors (Lipinski definition) is 0. The summed E-state index contributed by atoms with van der Waals surface area (Å²) < 4.78 is 22.2. The van der Waals surface area contributed by atoms with Crippen LogP contribution in [0.3, 0.4) is 0 Å². The van der Waals surface area contributed by atoms with Gasteiger partial charge in [-0.15, -0.1) is 0 Å². The Balaban J connectivity index is 0.000000135. The van der Waals surface area contributed by atoms with Crippen LogP contribution in [0.5, 0.6) is 0 Å². The van der Waals surface area contributed by atoms with Gasteiger partial charge in [0.25, 0.3) is 0 Å². The number of aromatic nitrogens is 4. The molecule has 0 aliphatic rings. The Labute approximate surface area is 620 Å². The molecule has 0 spiro atoms.